The Hall–Kier alpha value is -0.680. The highest BCUT2D eigenvalue weighted by molar-refractivity contribution is 7.82. The van der Waals surface area contributed by atoms with Crippen LogP contribution < -0.4 is 5.73 Å². The number of rotatable bonds is 3. The summed E-state index contributed by atoms with van der Waals surface area (Å²) < 4.78 is 0. The highest BCUT2D eigenvalue weighted by atomic mass is 35.5. The number of carbonyl (C=O) groups is 2. The van der Waals surface area contributed by atoms with Crippen LogP contribution in [0.25, 0.3) is 0 Å². The first-order chi connectivity index (χ1) is 4.95. The van der Waals surface area contributed by atoms with E-state index >= 15 is 0 Å². The van der Waals surface area contributed by atoms with E-state index < -0.39 is 17.1 Å². The molecule has 0 saturated heterocycles. The first kappa shape index (κ1) is 10.3. The summed E-state index contributed by atoms with van der Waals surface area (Å²) in [5.41, 5.74) is 4.70. The zero-order chi connectivity index (χ0) is 9.02. The Labute approximate surface area is 73.4 Å². The maximum Gasteiger partial charge on any atom is 0.321 e. The van der Waals surface area contributed by atoms with E-state index in [1.54, 1.807) is 0 Å². The van der Waals surface area contributed by atoms with Gasteiger partial charge >= 0.3 is 5.97 Å². The van der Waals surface area contributed by atoms with Gasteiger partial charge in [0.05, 0.1) is 0 Å². The van der Waals surface area contributed by atoms with Crippen molar-refractivity contribution in [3.05, 3.63) is 11.1 Å². The van der Waals surface area contributed by atoms with Gasteiger partial charge in [0.15, 0.2) is 0 Å². The molecule has 11 heavy (non-hydrogen) atoms. The molecule has 3 N–H and O–H groups in total. The highest BCUT2D eigenvalue weighted by Crippen LogP contribution is 2.13. The molecule has 0 radical (unpaired) electrons. The highest BCUT2D eigenvalue weighted by Gasteiger charge is 2.15. The minimum atomic E-state index is -1.23. The van der Waals surface area contributed by atoms with Crippen LogP contribution in [0.15, 0.2) is 11.1 Å². The van der Waals surface area contributed by atoms with Gasteiger partial charge < -0.3 is 10.8 Å². The first-order valence-electron chi connectivity index (χ1n) is 2.52. The summed E-state index contributed by atoms with van der Waals surface area (Å²) >= 11 is 8.91. The molecule has 0 aliphatic rings. The SMILES string of the molecule is NC(=O)C=C(Cl)C(S)C(=O)O. The minimum absolute atomic E-state index is 0.201. The number of nitrogens with two attached hydrogens (primary N) is 1. The van der Waals surface area contributed by atoms with Crippen LogP contribution in [0.2, 0.25) is 0 Å². The van der Waals surface area contributed by atoms with Crippen LogP contribution >= 0.6 is 24.2 Å². The summed E-state index contributed by atoms with van der Waals surface area (Å²) in [5, 5.41) is 6.92. The average Bonchev–Trinajstić information content (AvgIpc) is 1.84. The van der Waals surface area contributed by atoms with Crippen LogP contribution in [0, 0.1) is 0 Å². The summed E-state index contributed by atoms with van der Waals surface area (Å²) in [6.07, 6.45) is 0.813. The van der Waals surface area contributed by atoms with Crippen molar-refractivity contribution in [2.75, 3.05) is 0 Å². The Kier molecular flexibility index (Phi) is 3.99. The van der Waals surface area contributed by atoms with E-state index in [1.807, 2.05) is 0 Å². The molecule has 0 aromatic rings. The Morgan fingerprint density at radius 2 is 2.09 bits per heavy atom. The van der Waals surface area contributed by atoms with Gasteiger partial charge in [0, 0.05) is 11.1 Å². The topological polar surface area (TPSA) is 80.4 Å². The van der Waals surface area contributed by atoms with E-state index in [0.717, 1.165) is 6.08 Å². The van der Waals surface area contributed by atoms with Gasteiger partial charge in [0.25, 0.3) is 0 Å². The van der Waals surface area contributed by atoms with Crippen molar-refractivity contribution in [1.82, 2.24) is 0 Å². The molecule has 0 saturated carbocycles. The van der Waals surface area contributed by atoms with Crippen LogP contribution in [0.5, 0.6) is 0 Å². The predicted molar refractivity (Wildman–Crippen MR) is 43.5 cm³/mol. The maximum atomic E-state index is 10.2. The largest absolute Gasteiger partial charge is 0.480 e. The molecule has 0 fully saturated rings. The second-order valence-electron chi connectivity index (χ2n) is 1.67. The molecule has 0 spiro atoms. The van der Waals surface area contributed by atoms with Crippen molar-refractivity contribution in [1.29, 1.82) is 0 Å². The number of hydrogen-bond acceptors (Lipinski definition) is 3. The smallest absolute Gasteiger partial charge is 0.321 e. The molecular formula is C5H6ClNO3S. The van der Waals surface area contributed by atoms with Crippen LogP contribution in [0.1, 0.15) is 0 Å². The molecule has 0 rings (SSSR count). The Morgan fingerprint density at radius 1 is 1.64 bits per heavy atom. The molecule has 0 aliphatic carbocycles. The second-order valence-corrected chi connectivity index (χ2v) is 2.63. The van der Waals surface area contributed by atoms with Crippen molar-refractivity contribution in [2.24, 2.45) is 5.73 Å². The monoisotopic (exact) mass is 195 g/mol. The van der Waals surface area contributed by atoms with E-state index in [2.05, 4.69) is 12.6 Å². The molecule has 0 bridgehead atoms. The fourth-order valence-electron chi connectivity index (χ4n) is 0.333. The lowest BCUT2D eigenvalue weighted by Crippen LogP contribution is -2.16. The summed E-state index contributed by atoms with van der Waals surface area (Å²) in [6, 6.07) is 0. The van der Waals surface area contributed by atoms with Gasteiger partial charge in [-0.15, -0.1) is 0 Å². The van der Waals surface area contributed by atoms with Crippen molar-refractivity contribution >= 4 is 36.1 Å². The first-order valence-corrected chi connectivity index (χ1v) is 3.42. The lowest BCUT2D eigenvalue weighted by molar-refractivity contribution is -0.135. The third-order valence-electron chi connectivity index (χ3n) is 0.775. The number of carboxylic acids is 1. The lowest BCUT2D eigenvalue weighted by atomic mass is 10.3. The summed E-state index contributed by atoms with van der Waals surface area (Å²) in [6.45, 7) is 0. The van der Waals surface area contributed by atoms with Gasteiger partial charge in [-0.25, -0.2) is 0 Å². The van der Waals surface area contributed by atoms with Gasteiger partial charge in [-0.2, -0.15) is 12.6 Å². The molecule has 1 atom stereocenters. The number of amides is 1. The van der Waals surface area contributed by atoms with E-state index in [4.69, 9.17) is 22.4 Å². The zero-order valence-electron chi connectivity index (χ0n) is 5.32. The summed E-state index contributed by atoms with van der Waals surface area (Å²) in [5.74, 6) is -2.02. The van der Waals surface area contributed by atoms with E-state index in [0.29, 0.717) is 0 Å². The van der Waals surface area contributed by atoms with Crippen molar-refractivity contribution in [3.8, 4) is 0 Å². The fourth-order valence-corrected chi connectivity index (χ4v) is 0.608. The van der Waals surface area contributed by atoms with Crippen LogP contribution in [0.3, 0.4) is 0 Å². The van der Waals surface area contributed by atoms with Crippen LogP contribution in [0.4, 0.5) is 0 Å². The number of halogens is 1. The van der Waals surface area contributed by atoms with Gasteiger partial charge in [0.1, 0.15) is 5.25 Å². The fraction of sp³-hybridized carbons (Fsp3) is 0.200. The standard InChI is InChI=1S/C5H6ClNO3S/c6-2(1-3(7)8)4(11)5(9)10/h1,4,11H,(H2,7,8)(H,9,10). The third-order valence-corrected chi connectivity index (χ3v) is 1.75. The normalized spacial score (nSPS) is 14.2. The summed E-state index contributed by atoms with van der Waals surface area (Å²) in [4.78, 5) is 20.3. The molecule has 0 aliphatic heterocycles. The number of aliphatic carboxylic acids is 1. The molecular weight excluding hydrogens is 190 g/mol. The Morgan fingerprint density at radius 3 is 2.36 bits per heavy atom. The number of carboxylic acid groups (broad SMARTS) is 1. The van der Waals surface area contributed by atoms with Crippen molar-refractivity contribution in [3.63, 3.8) is 0 Å². The van der Waals surface area contributed by atoms with E-state index in [-0.39, 0.29) is 5.03 Å². The molecule has 0 aromatic carbocycles. The predicted octanol–water partition coefficient (Wildman–Crippen LogP) is -0.0226. The molecule has 0 heterocycles. The Balaban J connectivity index is 4.35. The van der Waals surface area contributed by atoms with Crippen LogP contribution in [-0.2, 0) is 9.59 Å². The molecule has 1 amide bonds. The Bertz CT molecular complexity index is 216. The molecule has 62 valence electrons. The zero-order valence-corrected chi connectivity index (χ0v) is 6.97. The second kappa shape index (κ2) is 4.25. The van der Waals surface area contributed by atoms with E-state index in [9.17, 15) is 9.59 Å². The maximum absolute atomic E-state index is 10.2. The van der Waals surface area contributed by atoms with Gasteiger partial charge in [-0.3, -0.25) is 9.59 Å². The number of carbonyl (C=O) groups excluding carboxylic acids is 1. The number of primary amides is 1. The van der Waals surface area contributed by atoms with Crippen molar-refractivity contribution in [2.45, 2.75) is 5.25 Å². The molecule has 6 heteroatoms. The van der Waals surface area contributed by atoms with E-state index in [1.165, 1.54) is 0 Å². The lowest BCUT2D eigenvalue weighted by Gasteiger charge is -2.00. The van der Waals surface area contributed by atoms with Crippen molar-refractivity contribution < 1.29 is 14.7 Å². The molecule has 4 nitrogen and oxygen atoms in total. The number of thiol groups is 1. The van der Waals surface area contributed by atoms with Gasteiger partial charge in [-0.1, -0.05) is 11.6 Å². The average molecular weight is 196 g/mol. The number of hydrogen-bond donors (Lipinski definition) is 3. The minimum Gasteiger partial charge on any atom is -0.480 e. The van der Waals surface area contributed by atoms with Gasteiger partial charge in [-0.05, 0) is 0 Å². The third kappa shape index (κ3) is 3.90. The van der Waals surface area contributed by atoms with Crippen LogP contribution in [-0.4, -0.2) is 22.2 Å². The summed E-state index contributed by atoms with van der Waals surface area (Å²) in [7, 11) is 0. The molecule has 0 aromatic heterocycles. The quantitative estimate of drug-likeness (QED) is 0.437. The molecule has 1 unspecified atom stereocenters. The van der Waals surface area contributed by atoms with Gasteiger partial charge in [0.2, 0.25) is 5.91 Å².